The summed E-state index contributed by atoms with van der Waals surface area (Å²) in [6.07, 6.45) is 6.49. The summed E-state index contributed by atoms with van der Waals surface area (Å²) in [4.78, 5) is 15.1. The molecule has 140 valence electrons. The molecule has 4 N–H and O–H groups in total. The molecule has 1 heterocycles. The van der Waals surface area contributed by atoms with Crippen LogP contribution in [0.2, 0.25) is 0 Å². The molecule has 6 heteroatoms. The Morgan fingerprint density at radius 3 is 2.54 bits per heavy atom. The van der Waals surface area contributed by atoms with Gasteiger partial charge in [0.05, 0.1) is 11.4 Å². The quantitative estimate of drug-likeness (QED) is 0.554. The first kappa shape index (κ1) is 19.8. The van der Waals surface area contributed by atoms with E-state index in [1.54, 1.807) is 18.3 Å². The van der Waals surface area contributed by atoms with Gasteiger partial charge in [-0.05, 0) is 67.3 Å². The van der Waals surface area contributed by atoms with Crippen LogP contribution < -0.4 is 5.73 Å². The number of halogens is 1. The van der Waals surface area contributed by atoms with Crippen molar-refractivity contribution in [2.24, 2.45) is 11.7 Å². The first-order valence-corrected chi connectivity index (χ1v) is 8.99. The summed E-state index contributed by atoms with van der Waals surface area (Å²) in [5.41, 5.74) is 6.84. The largest absolute Gasteiger partial charge is 0.481 e. The van der Waals surface area contributed by atoms with Gasteiger partial charge in [0.25, 0.3) is 0 Å². The van der Waals surface area contributed by atoms with Crippen LogP contribution in [0, 0.1) is 17.1 Å². The van der Waals surface area contributed by atoms with E-state index in [1.807, 2.05) is 13.0 Å². The molecule has 1 saturated carbocycles. The molecule has 0 spiro atoms. The van der Waals surface area contributed by atoms with Gasteiger partial charge in [-0.3, -0.25) is 15.2 Å². The predicted octanol–water partition coefficient (Wildman–Crippen LogP) is 4.45. The maximum absolute atomic E-state index is 13.5. The summed E-state index contributed by atoms with van der Waals surface area (Å²) in [5, 5.41) is 16.3. The average Bonchev–Trinajstić information content (AvgIpc) is 2.62. The lowest BCUT2D eigenvalue weighted by molar-refractivity contribution is -0.138. The summed E-state index contributed by atoms with van der Waals surface area (Å²) < 4.78 is 13.5. The third-order valence-electron chi connectivity index (χ3n) is 4.87. The number of carbonyl (C=O) groups is 1. The lowest BCUT2D eigenvalue weighted by Crippen LogP contribution is -2.16. The van der Waals surface area contributed by atoms with Crippen LogP contribution in [0.1, 0.15) is 56.9 Å². The molecule has 3 rings (SSSR count). The maximum atomic E-state index is 13.5. The smallest absolute Gasteiger partial charge is 0.303 e. The second kappa shape index (κ2) is 9.27. The standard InChI is InChI=1S/C17H18FNO2.C3H8N2/c18-13-5-6-16-15(10-13)14(7-8-19-16)12-3-1-11(2-4-12)9-17(20)21;1-2-3(4)5/h5-8,10-12H,1-4,9H2,(H,20,21);2H2,1H3,(H3,4,5)/t11-,12+;. The highest BCUT2D eigenvalue weighted by molar-refractivity contribution is 5.82. The predicted molar refractivity (Wildman–Crippen MR) is 101 cm³/mol. The number of nitrogens with two attached hydrogens (primary N) is 1. The Labute approximate surface area is 152 Å². The number of rotatable bonds is 4. The first-order valence-electron chi connectivity index (χ1n) is 8.99. The zero-order valence-electron chi connectivity index (χ0n) is 15.0. The molecular weight excluding hydrogens is 333 g/mol. The molecule has 1 aromatic heterocycles. The van der Waals surface area contributed by atoms with E-state index >= 15 is 0 Å². The van der Waals surface area contributed by atoms with Crippen LogP contribution in [0.3, 0.4) is 0 Å². The lowest BCUT2D eigenvalue weighted by Gasteiger charge is -2.28. The molecule has 0 atom stereocenters. The number of nitrogens with one attached hydrogen (secondary N) is 1. The number of aliphatic carboxylic acids is 1. The monoisotopic (exact) mass is 359 g/mol. The highest BCUT2D eigenvalue weighted by Crippen LogP contribution is 2.39. The van der Waals surface area contributed by atoms with Crippen molar-refractivity contribution in [1.82, 2.24) is 4.98 Å². The van der Waals surface area contributed by atoms with Crippen LogP contribution in [0.25, 0.3) is 10.9 Å². The van der Waals surface area contributed by atoms with Gasteiger partial charge < -0.3 is 10.8 Å². The van der Waals surface area contributed by atoms with E-state index in [0.29, 0.717) is 12.3 Å². The molecule has 0 amide bonds. The molecular formula is C20H26FN3O2. The van der Waals surface area contributed by atoms with Crippen LogP contribution in [-0.2, 0) is 4.79 Å². The van der Waals surface area contributed by atoms with Gasteiger partial charge in [0.1, 0.15) is 5.82 Å². The molecule has 26 heavy (non-hydrogen) atoms. The molecule has 0 radical (unpaired) electrons. The van der Waals surface area contributed by atoms with Crippen molar-refractivity contribution in [3.63, 3.8) is 0 Å². The zero-order valence-corrected chi connectivity index (χ0v) is 15.0. The normalized spacial score (nSPS) is 19.5. The van der Waals surface area contributed by atoms with Gasteiger partial charge in [-0.15, -0.1) is 0 Å². The van der Waals surface area contributed by atoms with Gasteiger partial charge in [-0.25, -0.2) is 4.39 Å². The Kier molecular flexibility index (Phi) is 7.06. The Morgan fingerprint density at radius 2 is 1.96 bits per heavy atom. The molecule has 0 aliphatic heterocycles. The van der Waals surface area contributed by atoms with Crippen molar-refractivity contribution in [3.8, 4) is 0 Å². The minimum Gasteiger partial charge on any atom is -0.481 e. The summed E-state index contributed by atoms with van der Waals surface area (Å²) in [6, 6.07) is 6.68. The van der Waals surface area contributed by atoms with Gasteiger partial charge in [0.15, 0.2) is 0 Å². The Hall–Kier alpha value is -2.50. The number of hydrogen-bond donors (Lipinski definition) is 3. The average molecular weight is 359 g/mol. The number of hydrogen-bond acceptors (Lipinski definition) is 3. The first-order chi connectivity index (χ1) is 12.4. The highest BCUT2D eigenvalue weighted by Gasteiger charge is 2.25. The van der Waals surface area contributed by atoms with Crippen molar-refractivity contribution in [2.75, 3.05) is 0 Å². The minimum absolute atomic E-state index is 0.240. The van der Waals surface area contributed by atoms with Gasteiger partial charge in [-0.1, -0.05) is 6.92 Å². The van der Waals surface area contributed by atoms with E-state index in [2.05, 4.69) is 4.98 Å². The summed E-state index contributed by atoms with van der Waals surface area (Å²) in [5.74, 6) is -0.0397. The molecule has 5 nitrogen and oxygen atoms in total. The van der Waals surface area contributed by atoms with E-state index in [0.717, 1.165) is 42.1 Å². The van der Waals surface area contributed by atoms with E-state index < -0.39 is 5.97 Å². The number of carboxylic acids is 1. The van der Waals surface area contributed by atoms with Crippen molar-refractivity contribution in [3.05, 3.63) is 41.8 Å². The van der Waals surface area contributed by atoms with Crippen molar-refractivity contribution >= 4 is 22.7 Å². The third kappa shape index (κ3) is 5.51. The fourth-order valence-corrected chi connectivity index (χ4v) is 3.42. The van der Waals surface area contributed by atoms with E-state index in [1.165, 1.54) is 6.07 Å². The molecule has 2 aromatic rings. The molecule has 0 unspecified atom stereocenters. The van der Waals surface area contributed by atoms with Crippen molar-refractivity contribution < 1.29 is 14.3 Å². The van der Waals surface area contributed by atoms with Crippen LogP contribution in [0.5, 0.6) is 0 Å². The lowest BCUT2D eigenvalue weighted by atomic mass is 9.77. The van der Waals surface area contributed by atoms with Gasteiger partial charge in [0.2, 0.25) is 0 Å². The Morgan fingerprint density at radius 1 is 1.31 bits per heavy atom. The number of aromatic nitrogens is 1. The highest BCUT2D eigenvalue weighted by atomic mass is 19.1. The van der Waals surface area contributed by atoms with Gasteiger partial charge in [-0.2, -0.15) is 0 Å². The molecule has 1 fully saturated rings. The molecule has 1 aliphatic carbocycles. The van der Waals surface area contributed by atoms with Crippen LogP contribution in [0.15, 0.2) is 30.5 Å². The number of amidine groups is 1. The summed E-state index contributed by atoms with van der Waals surface area (Å²) in [7, 11) is 0. The third-order valence-corrected chi connectivity index (χ3v) is 4.87. The van der Waals surface area contributed by atoms with Crippen molar-refractivity contribution in [2.45, 2.75) is 51.4 Å². The Bertz CT molecular complexity index is 771. The maximum Gasteiger partial charge on any atom is 0.303 e. The minimum atomic E-state index is -0.713. The topological polar surface area (TPSA) is 100 Å². The van der Waals surface area contributed by atoms with Gasteiger partial charge >= 0.3 is 5.97 Å². The van der Waals surface area contributed by atoms with Gasteiger partial charge in [0, 0.05) is 24.4 Å². The number of pyridine rings is 1. The number of benzene rings is 1. The molecule has 0 saturated heterocycles. The van der Waals surface area contributed by atoms with Crippen LogP contribution in [-0.4, -0.2) is 21.9 Å². The number of nitrogens with zero attached hydrogens (tertiary/aromatic N) is 1. The number of fused-ring (bicyclic) bond motifs is 1. The number of carboxylic acid groups (broad SMARTS) is 1. The molecule has 0 bridgehead atoms. The van der Waals surface area contributed by atoms with E-state index in [9.17, 15) is 9.18 Å². The zero-order chi connectivity index (χ0) is 19.1. The molecule has 1 aromatic carbocycles. The fraction of sp³-hybridized carbons (Fsp3) is 0.450. The van der Waals surface area contributed by atoms with Crippen LogP contribution in [0.4, 0.5) is 4.39 Å². The Balaban J connectivity index is 0.000000431. The van der Waals surface area contributed by atoms with Crippen LogP contribution >= 0.6 is 0 Å². The van der Waals surface area contributed by atoms with E-state index in [4.69, 9.17) is 16.2 Å². The fourth-order valence-electron chi connectivity index (χ4n) is 3.42. The SMILES string of the molecule is CCC(=N)N.O=C(O)C[C@H]1CC[C@@H](c2ccnc3ccc(F)cc32)CC1. The summed E-state index contributed by atoms with van der Waals surface area (Å²) in [6.45, 7) is 1.85. The van der Waals surface area contributed by atoms with Crippen molar-refractivity contribution in [1.29, 1.82) is 5.41 Å². The second-order valence-corrected chi connectivity index (χ2v) is 6.76. The second-order valence-electron chi connectivity index (χ2n) is 6.76. The summed E-state index contributed by atoms with van der Waals surface area (Å²) >= 11 is 0. The molecule has 1 aliphatic rings. The van der Waals surface area contributed by atoms with E-state index in [-0.39, 0.29) is 24.0 Å².